The molecule has 0 unspecified atom stereocenters. The van der Waals surface area contributed by atoms with Crippen molar-refractivity contribution in [1.82, 2.24) is 0 Å². The Labute approximate surface area is 126 Å². The molecule has 0 bridgehead atoms. The Bertz CT molecular complexity index is 700. The van der Waals surface area contributed by atoms with Crippen molar-refractivity contribution >= 4 is 19.1 Å². The fourth-order valence-electron chi connectivity index (χ4n) is 1.80. The van der Waals surface area contributed by atoms with Gasteiger partial charge in [-0.3, -0.25) is 0 Å². The molecule has 0 atom stereocenters. The predicted octanol–water partition coefficient (Wildman–Crippen LogP) is 3.89. The smallest absolute Gasteiger partial charge is 0.441 e. The van der Waals surface area contributed by atoms with Gasteiger partial charge in [0.1, 0.15) is 18.1 Å². The summed E-state index contributed by atoms with van der Waals surface area (Å²) in [6.45, 7) is -0.213. The van der Waals surface area contributed by atoms with E-state index in [1.807, 2.05) is 0 Å². The maximum Gasteiger partial charge on any atom is 0.480 e. The van der Waals surface area contributed by atoms with Crippen LogP contribution in [0.5, 0.6) is 11.5 Å². The molecule has 0 N–H and O–H groups in total. The van der Waals surface area contributed by atoms with E-state index in [1.165, 1.54) is 0 Å². The molecule has 0 fully saturated rings. The summed E-state index contributed by atoms with van der Waals surface area (Å²) in [6, 6.07) is 17.1. The van der Waals surface area contributed by atoms with Crippen LogP contribution in [0.15, 0.2) is 65.7 Å². The second-order valence-electron chi connectivity index (χ2n) is 4.39. The molecule has 0 aliphatic carbocycles. The Morgan fingerprint density at radius 3 is 1.82 bits per heavy atom. The van der Waals surface area contributed by atoms with Gasteiger partial charge in [-0.25, -0.2) is 9.36 Å². The molecule has 3 rings (SSSR count). The molecule has 1 amide bonds. The lowest BCUT2D eigenvalue weighted by Gasteiger charge is -2.19. The Morgan fingerprint density at radius 2 is 1.41 bits per heavy atom. The number of rotatable bonds is 5. The summed E-state index contributed by atoms with van der Waals surface area (Å²) in [5.41, 5.74) is -0.0507. The zero-order valence-electron chi connectivity index (χ0n) is 11.4. The molecule has 112 valence electrons. The number of benzene rings is 2. The van der Waals surface area contributed by atoms with Crippen LogP contribution in [-0.2, 0) is 9.30 Å². The molecule has 22 heavy (non-hydrogen) atoms. The number of hydrogen-bond acceptors (Lipinski definition) is 5. The van der Waals surface area contributed by atoms with E-state index in [1.54, 1.807) is 60.7 Å². The van der Waals surface area contributed by atoms with Gasteiger partial charge in [0.05, 0.1) is 0 Å². The minimum Gasteiger partial charge on any atom is -0.441 e. The van der Waals surface area contributed by atoms with E-state index in [9.17, 15) is 9.36 Å². The Morgan fingerprint density at radius 1 is 0.909 bits per heavy atom. The normalized spacial score (nSPS) is 14.2. The number of amides is 1. The highest BCUT2D eigenvalue weighted by Crippen LogP contribution is 2.50. The molecule has 0 aromatic heterocycles. The van der Waals surface area contributed by atoms with E-state index in [-0.39, 0.29) is 12.1 Å². The maximum atomic E-state index is 13.1. The summed E-state index contributed by atoms with van der Waals surface area (Å²) in [5, 5.41) is 0. The van der Waals surface area contributed by atoms with Crippen molar-refractivity contribution in [2.75, 3.05) is 6.61 Å². The number of carbonyl (C=O) groups excluding carboxylic acids is 1. The minimum atomic E-state index is -3.84. The number of ether oxygens (including phenoxy) is 1. The third kappa shape index (κ3) is 3.18. The molecule has 2 aromatic carbocycles. The highest BCUT2D eigenvalue weighted by atomic mass is 31.2. The van der Waals surface area contributed by atoms with Crippen LogP contribution in [0.2, 0.25) is 0 Å². The molecule has 0 saturated carbocycles. The highest BCUT2D eigenvalue weighted by Gasteiger charge is 2.40. The zero-order chi connectivity index (χ0) is 15.4. The van der Waals surface area contributed by atoms with Crippen molar-refractivity contribution in [3.63, 3.8) is 0 Å². The van der Waals surface area contributed by atoms with Crippen LogP contribution in [0.25, 0.3) is 0 Å². The standard InChI is InChI=1S/C15H12NO5P/c17-15-16-14(11-19-15)22(18,20-12-7-3-1-4-8-12)21-13-9-5-2-6-10-13/h1-10H,11H2. The molecule has 6 nitrogen and oxygen atoms in total. The lowest BCUT2D eigenvalue weighted by atomic mass is 10.3. The third-order valence-electron chi connectivity index (χ3n) is 2.80. The Hall–Kier alpha value is -2.59. The van der Waals surface area contributed by atoms with Crippen LogP contribution in [-0.4, -0.2) is 18.2 Å². The lowest BCUT2D eigenvalue weighted by Crippen LogP contribution is -2.13. The summed E-state index contributed by atoms with van der Waals surface area (Å²) in [4.78, 5) is 14.8. The van der Waals surface area contributed by atoms with Crippen molar-refractivity contribution in [3.05, 3.63) is 60.7 Å². The number of cyclic esters (lactones) is 1. The number of carbonyl (C=O) groups is 1. The Balaban J connectivity index is 1.93. The summed E-state index contributed by atoms with van der Waals surface area (Å²) in [6.07, 6.45) is -0.802. The first-order valence-electron chi connectivity index (χ1n) is 6.50. The molecule has 7 heteroatoms. The van der Waals surface area contributed by atoms with Crippen LogP contribution in [0.1, 0.15) is 0 Å². The van der Waals surface area contributed by atoms with Gasteiger partial charge in [-0.05, 0) is 24.3 Å². The van der Waals surface area contributed by atoms with Crippen LogP contribution in [0.4, 0.5) is 4.79 Å². The topological polar surface area (TPSA) is 74.2 Å². The van der Waals surface area contributed by atoms with Crippen molar-refractivity contribution in [3.8, 4) is 11.5 Å². The van der Waals surface area contributed by atoms with Crippen molar-refractivity contribution in [1.29, 1.82) is 0 Å². The van der Waals surface area contributed by atoms with Crippen LogP contribution in [0, 0.1) is 0 Å². The van der Waals surface area contributed by atoms with E-state index in [0.29, 0.717) is 11.5 Å². The average molecular weight is 317 g/mol. The molecule has 0 spiro atoms. The number of aliphatic imine (C=N–C) groups is 1. The number of para-hydroxylation sites is 2. The van der Waals surface area contributed by atoms with Gasteiger partial charge in [0.2, 0.25) is 0 Å². The van der Waals surface area contributed by atoms with E-state index in [4.69, 9.17) is 13.8 Å². The largest absolute Gasteiger partial charge is 0.480 e. The minimum absolute atomic E-state index is 0.0507. The molecule has 1 aliphatic heterocycles. The van der Waals surface area contributed by atoms with Crippen LogP contribution >= 0.6 is 7.60 Å². The molecule has 1 aliphatic rings. The summed E-state index contributed by atoms with van der Waals surface area (Å²) in [5.74, 6) is 0.702. The van der Waals surface area contributed by atoms with Gasteiger partial charge in [-0.2, -0.15) is 4.99 Å². The first-order valence-corrected chi connectivity index (χ1v) is 8.04. The molecule has 0 saturated heterocycles. The predicted molar refractivity (Wildman–Crippen MR) is 80.5 cm³/mol. The first-order chi connectivity index (χ1) is 10.7. The molecular weight excluding hydrogens is 305 g/mol. The van der Waals surface area contributed by atoms with E-state index >= 15 is 0 Å². The highest BCUT2D eigenvalue weighted by molar-refractivity contribution is 7.73. The van der Waals surface area contributed by atoms with Gasteiger partial charge in [-0.15, -0.1) is 0 Å². The first kappa shape index (κ1) is 14.4. The van der Waals surface area contributed by atoms with Gasteiger partial charge >= 0.3 is 13.7 Å². The molecule has 1 heterocycles. The maximum absolute atomic E-state index is 13.1. The van der Waals surface area contributed by atoms with E-state index in [0.717, 1.165) is 0 Å². The molecule has 0 radical (unpaired) electrons. The quantitative estimate of drug-likeness (QED) is 0.782. The monoisotopic (exact) mass is 317 g/mol. The Kier molecular flexibility index (Phi) is 3.94. The van der Waals surface area contributed by atoms with Crippen LogP contribution in [0.3, 0.4) is 0 Å². The average Bonchev–Trinajstić information content (AvgIpc) is 2.96. The van der Waals surface area contributed by atoms with Gasteiger partial charge in [0.15, 0.2) is 5.45 Å². The van der Waals surface area contributed by atoms with Gasteiger partial charge in [0, 0.05) is 0 Å². The second kappa shape index (κ2) is 6.03. The summed E-state index contributed by atoms with van der Waals surface area (Å²) < 4.78 is 28.8. The fraction of sp³-hybridized carbons (Fsp3) is 0.0667. The third-order valence-corrected chi connectivity index (χ3v) is 4.56. The number of nitrogens with zero attached hydrogens (tertiary/aromatic N) is 1. The SMILES string of the molecule is O=C1N=C(P(=O)(Oc2ccccc2)Oc2ccccc2)CO1. The number of hydrogen-bond donors (Lipinski definition) is 0. The second-order valence-corrected chi connectivity index (χ2v) is 6.27. The zero-order valence-corrected chi connectivity index (χ0v) is 12.3. The van der Waals surface area contributed by atoms with E-state index < -0.39 is 13.7 Å². The van der Waals surface area contributed by atoms with Gasteiger partial charge < -0.3 is 13.8 Å². The van der Waals surface area contributed by atoms with Gasteiger partial charge in [0.25, 0.3) is 0 Å². The van der Waals surface area contributed by atoms with Crippen molar-refractivity contribution < 1.29 is 23.1 Å². The van der Waals surface area contributed by atoms with E-state index in [2.05, 4.69) is 4.99 Å². The van der Waals surface area contributed by atoms with Gasteiger partial charge in [-0.1, -0.05) is 36.4 Å². The summed E-state index contributed by atoms with van der Waals surface area (Å²) >= 11 is 0. The van der Waals surface area contributed by atoms with Crippen molar-refractivity contribution in [2.45, 2.75) is 0 Å². The lowest BCUT2D eigenvalue weighted by molar-refractivity contribution is 0.181. The van der Waals surface area contributed by atoms with Crippen LogP contribution < -0.4 is 9.05 Å². The molecule has 2 aromatic rings. The van der Waals surface area contributed by atoms with Crippen molar-refractivity contribution in [2.24, 2.45) is 4.99 Å². The summed E-state index contributed by atoms with van der Waals surface area (Å²) in [7, 11) is -3.84. The fourth-order valence-corrected chi connectivity index (χ4v) is 3.27. The molecular formula is C15H12NO5P.